The quantitative estimate of drug-likeness (QED) is 0.546. The summed E-state index contributed by atoms with van der Waals surface area (Å²) in [5.74, 6) is 4.13. The van der Waals surface area contributed by atoms with Crippen molar-refractivity contribution in [1.29, 1.82) is 0 Å². The lowest BCUT2D eigenvalue weighted by molar-refractivity contribution is -0.264. The molecule has 3 nitrogen and oxygen atoms in total. The van der Waals surface area contributed by atoms with Gasteiger partial charge in [-0.15, -0.1) is 0 Å². The summed E-state index contributed by atoms with van der Waals surface area (Å²) in [6, 6.07) is 0. The molecule has 0 amide bonds. The highest BCUT2D eigenvalue weighted by molar-refractivity contribution is 5.17. The molecule has 0 heterocycles. The molecule has 0 bridgehead atoms. The summed E-state index contributed by atoms with van der Waals surface area (Å²) in [5.41, 5.74) is -0.962. The first-order valence-electron chi connectivity index (χ1n) is 13.1. The maximum atomic E-state index is 11.6. The van der Waals surface area contributed by atoms with Gasteiger partial charge in [-0.2, -0.15) is 0 Å². The van der Waals surface area contributed by atoms with Gasteiger partial charge in [0.2, 0.25) is 0 Å². The predicted octanol–water partition coefficient (Wildman–Crippen LogP) is 5.55. The highest BCUT2D eigenvalue weighted by atomic mass is 16.3. The van der Waals surface area contributed by atoms with Gasteiger partial charge in [-0.05, 0) is 85.9 Å². The van der Waals surface area contributed by atoms with Crippen LogP contribution in [0, 0.1) is 46.3 Å². The van der Waals surface area contributed by atoms with Crippen LogP contribution >= 0.6 is 0 Å². The molecule has 0 radical (unpaired) electrons. The first kappa shape index (κ1) is 23.1. The minimum Gasteiger partial charge on any atom is -0.393 e. The Kier molecular flexibility index (Phi) is 6.17. The lowest BCUT2D eigenvalue weighted by atomic mass is 9.42. The number of hydrogen-bond acceptors (Lipinski definition) is 3. The Bertz CT molecular complexity index is 619. The van der Waals surface area contributed by atoms with Gasteiger partial charge in [-0.3, -0.25) is 0 Å². The van der Waals surface area contributed by atoms with Gasteiger partial charge in [0.1, 0.15) is 0 Å². The van der Waals surface area contributed by atoms with Crippen LogP contribution in [0.15, 0.2) is 0 Å². The van der Waals surface area contributed by atoms with Crippen LogP contribution in [0.25, 0.3) is 0 Å². The number of rotatable bonds is 5. The van der Waals surface area contributed by atoms with Crippen molar-refractivity contribution in [2.75, 3.05) is 0 Å². The highest BCUT2D eigenvalue weighted by Gasteiger charge is 2.67. The van der Waals surface area contributed by atoms with Crippen LogP contribution in [0.4, 0.5) is 0 Å². The molecule has 30 heavy (non-hydrogen) atoms. The standard InChI is InChI=1S/C27H48O3/c1-17(2)7-6-8-18(3)21-9-10-22-20-15-24(29)27(30)16-19(28)11-14-26(27,5)23(20)12-13-25(21,22)4/h17-24,28-30H,6-16H2,1-5H3/t18-,19+,20?,21-,22?,23?,24-,25-,26-,27+/m1/s1. The Labute approximate surface area is 185 Å². The van der Waals surface area contributed by atoms with E-state index in [1.54, 1.807) is 0 Å². The van der Waals surface area contributed by atoms with Crippen molar-refractivity contribution in [2.24, 2.45) is 46.3 Å². The molecule has 4 rings (SSSR count). The third-order valence-corrected chi connectivity index (χ3v) is 11.0. The lowest BCUT2D eigenvalue weighted by Gasteiger charge is -2.65. The number of fused-ring (bicyclic) bond motifs is 5. The largest absolute Gasteiger partial charge is 0.393 e. The smallest absolute Gasteiger partial charge is 0.0985 e. The molecule has 4 saturated carbocycles. The molecule has 3 N–H and O–H groups in total. The van der Waals surface area contributed by atoms with E-state index in [0.717, 1.165) is 37.0 Å². The minimum atomic E-state index is -1.11. The van der Waals surface area contributed by atoms with Crippen LogP contribution in [0.1, 0.15) is 105 Å². The van der Waals surface area contributed by atoms with Gasteiger partial charge in [0.25, 0.3) is 0 Å². The molecule has 4 aliphatic carbocycles. The van der Waals surface area contributed by atoms with Crippen molar-refractivity contribution in [1.82, 2.24) is 0 Å². The van der Waals surface area contributed by atoms with E-state index in [1.165, 1.54) is 44.9 Å². The molecule has 0 aliphatic heterocycles. The molecular weight excluding hydrogens is 372 g/mol. The first-order valence-corrected chi connectivity index (χ1v) is 13.1. The van der Waals surface area contributed by atoms with Gasteiger partial charge >= 0.3 is 0 Å². The zero-order valence-corrected chi connectivity index (χ0v) is 20.2. The second-order valence-corrected chi connectivity index (χ2v) is 12.9. The summed E-state index contributed by atoms with van der Waals surface area (Å²) < 4.78 is 0. The number of aliphatic hydroxyl groups excluding tert-OH is 2. The summed E-state index contributed by atoms with van der Waals surface area (Å²) in [5, 5.41) is 33.0. The van der Waals surface area contributed by atoms with E-state index < -0.39 is 17.8 Å². The molecule has 3 unspecified atom stereocenters. The van der Waals surface area contributed by atoms with Gasteiger partial charge in [-0.25, -0.2) is 0 Å². The molecule has 4 fully saturated rings. The third-order valence-electron chi connectivity index (χ3n) is 11.0. The number of hydrogen-bond donors (Lipinski definition) is 3. The normalized spacial score (nSPS) is 51.9. The topological polar surface area (TPSA) is 60.7 Å². The van der Waals surface area contributed by atoms with Crippen molar-refractivity contribution in [3.8, 4) is 0 Å². The third kappa shape index (κ3) is 3.41. The maximum Gasteiger partial charge on any atom is 0.0985 e. The summed E-state index contributed by atoms with van der Waals surface area (Å²) >= 11 is 0. The summed E-state index contributed by atoms with van der Waals surface area (Å²) in [7, 11) is 0. The van der Waals surface area contributed by atoms with Crippen LogP contribution < -0.4 is 0 Å². The van der Waals surface area contributed by atoms with E-state index in [4.69, 9.17) is 0 Å². The Morgan fingerprint density at radius 1 is 0.900 bits per heavy atom. The van der Waals surface area contributed by atoms with E-state index >= 15 is 0 Å². The zero-order chi connectivity index (χ0) is 21.9. The molecule has 0 saturated heterocycles. The fourth-order valence-electron chi connectivity index (χ4n) is 9.29. The van der Waals surface area contributed by atoms with Gasteiger partial charge in [0.05, 0.1) is 17.8 Å². The van der Waals surface area contributed by atoms with Crippen molar-refractivity contribution in [2.45, 2.75) is 123 Å². The predicted molar refractivity (Wildman–Crippen MR) is 122 cm³/mol. The Morgan fingerprint density at radius 2 is 1.63 bits per heavy atom. The molecule has 0 aromatic carbocycles. The van der Waals surface area contributed by atoms with Crippen LogP contribution in [0.3, 0.4) is 0 Å². The van der Waals surface area contributed by atoms with Gasteiger partial charge in [-0.1, -0.05) is 53.9 Å². The van der Waals surface area contributed by atoms with E-state index in [0.29, 0.717) is 29.6 Å². The Hall–Kier alpha value is -0.120. The minimum absolute atomic E-state index is 0.253. The number of aliphatic hydroxyl groups is 3. The molecule has 3 heteroatoms. The van der Waals surface area contributed by atoms with E-state index in [-0.39, 0.29) is 5.41 Å². The monoisotopic (exact) mass is 420 g/mol. The van der Waals surface area contributed by atoms with Crippen molar-refractivity contribution >= 4 is 0 Å². The van der Waals surface area contributed by atoms with E-state index in [2.05, 4.69) is 34.6 Å². The fourth-order valence-corrected chi connectivity index (χ4v) is 9.29. The van der Waals surface area contributed by atoms with Crippen LogP contribution in [-0.4, -0.2) is 33.1 Å². The van der Waals surface area contributed by atoms with Crippen LogP contribution in [0.2, 0.25) is 0 Å². The Balaban J connectivity index is 1.53. The second-order valence-electron chi connectivity index (χ2n) is 12.9. The molecule has 10 atom stereocenters. The van der Waals surface area contributed by atoms with Gasteiger partial charge in [0, 0.05) is 11.8 Å². The molecule has 0 spiro atoms. The van der Waals surface area contributed by atoms with Gasteiger partial charge < -0.3 is 15.3 Å². The molecular formula is C27H48O3. The van der Waals surface area contributed by atoms with E-state index in [1.807, 2.05) is 0 Å². The van der Waals surface area contributed by atoms with Crippen molar-refractivity contribution in [3.05, 3.63) is 0 Å². The Morgan fingerprint density at radius 3 is 2.33 bits per heavy atom. The summed E-state index contributed by atoms with van der Waals surface area (Å²) in [6.07, 6.45) is 10.7. The summed E-state index contributed by atoms with van der Waals surface area (Å²) in [6.45, 7) is 12.0. The average molecular weight is 421 g/mol. The maximum absolute atomic E-state index is 11.6. The highest BCUT2D eigenvalue weighted by Crippen LogP contribution is 2.69. The molecule has 174 valence electrons. The fraction of sp³-hybridized carbons (Fsp3) is 1.00. The second kappa shape index (κ2) is 8.03. The average Bonchev–Trinajstić information content (AvgIpc) is 3.01. The molecule has 0 aromatic heterocycles. The van der Waals surface area contributed by atoms with Crippen LogP contribution in [-0.2, 0) is 0 Å². The molecule has 0 aromatic rings. The van der Waals surface area contributed by atoms with Gasteiger partial charge in [0.15, 0.2) is 0 Å². The summed E-state index contributed by atoms with van der Waals surface area (Å²) in [4.78, 5) is 0. The first-order chi connectivity index (χ1) is 14.0. The lowest BCUT2D eigenvalue weighted by Crippen LogP contribution is -2.68. The van der Waals surface area contributed by atoms with Crippen LogP contribution in [0.5, 0.6) is 0 Å². The van der Waals surface area contributed by atoms with E-state index in [9.17, 15) is 15.3 Å². The van der Waals surface area contributed by atoms with Crippen molar-refractivity contribution in [3.63, 3.8) is 0 Å². The zero-order valence-electron chi connectivity index (χ0n) is 20.2. The molecule has 4 aliphatic rings. The van der Waals surface area contributed by atoms with Crippen molar-refractivity contribution < 1.29 is 15.3 Å². The SMILES string of the molecule is CC(C)CCC[C@@H](C)[C@H]1CCC2C3C[C@@H](O)[C@@]4(O)C[C@@H](O)CC[C@]4(C)C3CC[C@@]21C.